The quantitative estimate of drug-likeness (QED) is 0.408. The monoisotopic (exact) mass is 634 g/mol. The molecule has 4 rings (SSSR count). The van der Waals surface area contributed by atoms with Gasteiger partial charge in [0.25, 0.3) is 0 Å². The number of ether oxygens (including phenoxy) is 1. The van der Waals surface area contributed by atoms with Crippen molar-refractivity contribution in [1.82, 2.24) is 0 Å². The molecule has 0 amide bonds. The van der Waals surface area contributed by atoms with Crippen LogP contribution in [0.4, 0.5) is 0 Å². The number of benzene rings is 2. The summed E-state index contributed by atoms with van der Waals surface area (Å²) in [7, 11) is 0. The Morgan fingerprint density at radius 2 is 1.63 bits per heavy atom. The van der Waals surface area contributed by atoms with E-state index in [-0.39, 0.29) is 23.4 Å². The van der Waals surface area contributed by atoms with Crippen molar-refractivity contribution in [2.45, 2.75) is 12.5 Å². The maximum atomic E-state index is 11.6. The van der Waals surface area contributed by atoms with Crippen molar-refractivity contribution < 1.29 is 33.8 Å². The van der Waals surface area contributed by atoms with Crippen molar-refractivity contribution in [3.8, 4) is 5.75 Å². The third-order valence-electron chi connectivity index (χ3n) is 4.06. The van der Waals surface area contributed by atoms with Crippen LogP contribution in [0.2, 0.25) is 0 Å². The summed E-state index contributed by atoms with van der Waals surface area (Å²) >= 11 is 4.14. The van der Waals surface area contributed by atoms with Crippen LogP contribution in [0.15, 0.2) is 51.7 Å². The molecule has 0 fully saturated rings. The van der Waals surface area contributed by atoms with Crippen LogP contribution in [0, 0.1) is 7.14 Å². The molecule has 0 saturated carbocycles. The Morgan fingerprint density at radius 3 is 2.30 bits per heavy atom. The average molecular weight is 634 g/mol. The summed E-state index contributed by atoms with van der Waals surface area (Å²) in [5.74, 6) is -2.50. The van der Waals surface area contributed by atoms with Crippen LogP contribution >= 0.6 is 45.2 Å². The second-order valence-corrected chi connectivity index (χ2v) is 8.62. The number of carboxylic acids is 2. The molecule has 0 spiro atoms. The smallest absolute Gasteiger partial charge is 0.371 e. The van der Waals surface area contributed by atoms with E-state index in [2.05, 4.69) is 45.2 Å². The van der Waals surface area contributed by atoms with Gasteiger partial charge in [-0.3, -0.25) is 9.59 Å². The number of carbonyl (C=O) groups is 3. The van der Waals surface area contributed by atoms with Gasteiger partial charge in [0.05, 0.1) is 17.4 Å². The summed E-state index contributed by atoms with van der Waals surface area (Å²) in [6.45, 7) is 0. The van der Waals surface area contributed by atoms with Crippen molar-refractivity contribution in [2.24, 2.45) is 0 Å². The predicted octanol–water partition coefficient (Wildman–Crippen LogP) is 3.81. The van der Waals surface area contributed by atoms with Crippen molar-refractivity contribution >= 4 is 73.9 Å². The number of fused-ring (bicyclic) bond motifs is 2. The number of hydrogen-bond acceptors (Lipinski definition) is 6. The number of halogens is 2. The van der Waals surface area contributed by atoms with Crippen molar-refractivity contribution in [2.75, 3.05) is 0 Å². The Bertz CT molecular complexity index is 1230. The molecular weight excluding hydrogens is 622 g/mol. The first kappa shape index (κ1) is 22.2. The molecule has 10 heteroatoms. The maximum absolute atomic E-state index is 11.6. The van der Waals surface area contributed by atoms with Gasteiger partial charge in [0.2, 0.25) is 11.9 Å². The van der Waals surface area contributed by atoms with Gasteiger partial charge in [-0.1, -0.05) is 0 Å². The minimum absolute atomic E-state index is 0.0943. The lowest BCUT2D eigenvalue weighted by atomic mass is 10.0. The Morgan fingerprint density at radius 1 is 0.967 bits per heavy atom. The van der Waals surface area contributed by atoms with Crippen LogP contribution in [0.1, 0.15) is 27.3 Å². The number of rotatable bonds is 2. The number of ketones is 1. The SMILES string of the molecule is O=C(O)c1cc(=O)c2ccc(I)cc2o1.O=C1C[C@@H](C(=O)O)Oc2cc(I)ccc21. The third kappa shape index (κ3) is 4.98. The van der Waals surface area contributed by atoms with E-state index in [9.17, 15) is 19.2 Å². The molecule has 0 aliphatic carbocycles. The standard InChI is InChI=1S/C10H7IO4.C10H5IO4/c2*11-5-1-2-6-7(12)4-9(10(13)14)15-8(6)3-5/h1-3,9H,4H2,(H,13,14);1-4H,(H,13,14)/t9-;/m0./s1. The molecule has 0 radical (unpaired) electrons. The van der Waals surface area contributed by atoms with Gasteiger partial charge >= 0.3 is 11.9 Å². The van der Waals surface area contributed by atoms with Crippen LogP contribution in [0.3, 0.4) is 0 Å². The molecular formula is C20H12I2O8. The van der Waals surface area contributed by atoms with Gasteiger partial charge in [-0.2, -0.15) is 0 Å². The lowest BCUT2D eigenvalue weighted by Gasteiger charge is -2.22. The van der Waals surface area contributed by atoms with Gasteiger partial charge in [-0.05, 0) is 81.6 Å². The molecule has 154 valence electrons. The maximum Gasteiger partial charge on any atom is 0.371 e. The zero-order valence-corrected chi connectivity index (χ0v) is 19.2. The second kappa shape index (κ2) is 9.12. The van der Waals surface area contributed by atoms with Gasteiger partial charge in [-0.25, -0.2) is 9.59 Å². The van der Waals surface area contributed by atoms with E-state index in [0.29, 0.717) is 22.3 Å². The summed E-state index contributed by atoms with van der Waals surface area (Å²) in [6, 6.07) is 11.1. The van der Waals surface area contributed by atoms with Gasteiger partial charge in [0, 0.05) is 13.2 Å². The fourth-order valence-electron chi connectivity index (χ4n) is 2.67. The molecule has 30 heavy (non-hydrogen) atoms. The first-order valence-electron chi connectivity index (χ1n) is 8.34. The van der Waals surface area contributed by atoms with E-state index in [4.69, 9.17) is 19.4 Å². The normalized spacial score (nSPS) is 14.9. The van der Waals surface area contributed by atoms with E-state index < -0.39 is 18.0 Å². The van der Waals surface area contributed by atoms with Crippen LogP contribution in [0.5, 0.6) is 5.75 Å². The summed E-state index contributed by atoms with van der Waals surface area (Å²) < 4.78 is 12.1. The summed E-state index contributed by atoms with van der Waals surface area (Å²) in [5, 5.41) is 17.9. The first-order valence-corrected chi connectivity index (χ1v) is 10.5. The minimum Gasteiger partial charge on any atom is -0.478 e. The molecule has 2 aromatic carbocycles. The Labute approximate surface area is 196 Å². The first-order chi connectivity index (χ1) is 14.2. The van der Waals surface area contributed by atoms with Gasteiger partial charge in [0.1, 0.15) is 11.3 Å². The Kier molecular flexibility index (Phi) is 6.75. The highest BCUT2D eigenvalue weighted by molar-refractivity contribution is 14.1. The fraction of sp³-hybridized carbons (Fsp3) is 0.100. The van der Waals surface area contributed by atoms with Gasteiger partial charge < -0.3 is 19.4 Å². The molecule has 8 nitrogen and oxygen atoms in total. The Balaban J connectivity index is 0.000000171. The largest absolute Gasteiger partial charge is 0.478 e. The number of hydrogen-bond donors (Lipinski definition) is 2. The number of aromatic carboxylic acids is 1. The lowest BCUT2D eigenvalue weighted by Crippen LogP contribution is -2.33. The molecule has 1 aliphatic heterocycles. The fourth-order valence-corrected chi connectivity index (χ4v) is 3.59. The molecule has 1 atom stereocenters. The van der Waals surface area contributed by atoms with Crippen molar-refractivity contribution in [3.05, 3.63) is 71.2 Å². The highest BCUT2D eigenvalue weighted by Gasteiger charge is 2.31. The van der Waals surface area contributed by atoms with Crippen LogP contribution in [0.25, 0.3) is 11.0 Å². The van der Waals surface area contributed by atoms with Crippen LogP contribution < -0.4 is 10.2 Å². The number of aliphatic carboxylic acids is 1. The highest BCUT2D eigenvalue weighted by Crippen LogP contribution is 2.29. The molecule has 0 bridgehead atoms. The number of carboxylic acid groups (broad SMARTS) is 2. The average Bonchev–Trinajstić information content (AvgIpc) is 2.67. The van der Waals surface area contributed by atoms with E-state index >= 15 is 0 Å². The lowest BCUT2D eigenvalue weighted by molar-refractivity contribution is -0.145. The van der Waals surface area contributed by atoms with E-state index in [1.165, 1.54) is 0 Å². The number of Topliss-reactive ketones (excluding diaryl/α,β-unsaturated/α-hetero) is 1. The van der Waals surface area contributed by atoms with E-state index in [0.717, 1.165) is 13.2 Å². The molecule has 0 unspecified atom stereocenters. The molecule has 0 saturated heterocycles. The zero-order valence-electron chi connectivity index (χ0n) is 14.9. The highest BCUT2D eigenvalue weighted by atomic mass is 127. The summed E-state index contributed by atoms with van der Waals surface area (Å²) in [4.78, 5) is 44.4. The number of carbonyl (C=O) groups excluding carboxylic acids is 1. The van der Waals surface area contributed by atoms with Crippen molar-refractivity contribution in [3.63, 3.8) is 0 Å². The topological polar surface area (TPSA) is 131 Å². The second-order valence-electron chi connectivity index (χ2n) is 6.13. The van der Waals surface area contributed by atoms with Gasteiger partial charge in [-0.15, -0.1) is 0 Å². The van der Waals surface area contributed by atoms with Gasteiger partial charge in [0.15, 0.2) is 11.2 Å². The molecule has 1 aromatic heterocycles. The van der Waals surface area contributed by atoms with Crippen LogP contribution in [-0.4, -0.2) is 34.0 Å². The molecule has 2 N–H and O–H groups in total. The molecule has 1 aliphatic rings. The van der Waals surface area contributed by atoms with E-state index in [1.807, 2.05) is 0 Å². The summed E-state index contributed by atoms with van der Waals surface area (Å²) in [5.41, 5.74) is 0.421. The Hall–Kier alpha value is -2.48. The van der Waals surface area contributed by atoms with E-state index in [1.54, 1.807) is 36.4 Å². The minimum atomic E-state index is -1.24. The predicted molar refractivity (Wildman–Crippen MR) is 122 cm³/mol. The third-order valence-corrected chi connectivity index (χ3v) is 5.40. The molecule has 2 heterocycles. The molecule has 3 aromatic rings. The summed E-state index contributed by atoms with van der Waals surface area (Å²) in [6.07, 6.45) is -1.15. The van der Waals surface area contributed by atoms with Crippen LogP contribution in [-0.2, 0) is 4.79 Å². The van der Waals surface area contributed by atoms with Crippen molar-refractivity contribution in [1.29, 1.82) is 0 Å². The zero-order chi connectivity index (χ0) is 22.0.